The molecule has 0 aliphatic carbocycles. The fourth-order valence-corrected chi connectivity index (χ4v) is 3.66. The van der Waals surface area contributed by atoms with Crippen LogP contribution < -0.4 is 0 Å². The van der Waals surface area contributed by atoms with Crippen LogP contribution in [-0.2, 0) is 15.8 Å². The molecule has 4 rings (SSSR count). The first kappa shape index (κ1) is 21.4. The van der Waals surface area contributed by atoms with Gasteiger partial charge in [0.15, 0.2) is 17.9 Å². The van der Waals surface area contributed by atoms with Gasteiger partial charge in [0, 0.05) is 17.0 Å². The van der Waals surface area contributed by atoms with E-state index in [4.69, 9.17) is 9.47 Å². The van der Waals surface area contributed by atoms with Gasteiger partial charge in [-0.15, -0.1) is 6.58 Å². The predicted molar refractivity (Wildman–Crippen MR) is 118 cm³/mol. The van der Waals surface area contributed by atoms with Gasteiger partial charge in [-0.3, -0.25) is 0 Å². The molecule has 0 bridgehead atoms. The van der Waals surface area contributed by atoms with Gasteiger partial charge >= 0.3 is 0 Å². The number of halogens is 3. The Labute approximate surface area is 180 Å². The molecule has 0 N–H and O–H groups in total. The van der Waals surface area contributed by atoms with Gasteiger partial charge in [-0.2, -0.15) is 0 Å². The summed E-state index contributed by atoms with van der Waals surface area (Å²) in [6.45, 7) is 4.59. The number of hydrogen-bond donors (Lipinski definition) is 0. The van der Waals surface area contributed by atoms with Crippen molar-refractivity contribution in [1.82, 2.24) is 0 Å². The van der Waals surface area contributed by atoms with Gasteiger partial charge in [-0.25, -0.2) is 13.2 Å². The van der Waals surface area contributed by atoms with E-state index in [0.717, 1.165) is 5.56 Å². The molecule has 1 fully saturated rings. The van der Waals surface area contributed by atoms with E-state index in [2.05, 4.69) is 6.58 Å². The Morgan fingerprint density at radius 1 is 0.871 bits per heavy atom. The number of ether oxygens (including phenoxy) is 2. The molecule has 0 aromatic heterocycles. The van der Waals surface area contributed by atoms with E-state index in [9.17, 15) is 13.2 Å². The van der Waals surface area contributed by atoms with Crippen molar-refractivity contribution in [2.75, 3.05) is 13.2 Å². The van der Waals surface area contributed by atoms with Crippen LogP contribution in [0.5, 0.6) is 0 Å². The van der Waals surface area contributed by atoms with Crippen molar-refractivity contribution in [2.24, 2.45) is 5.92 Å². The summed E-state index contributed by atoms with van der Waals surface area (Å²) in [5, 5.41) is 0. The van der Waals surface area contributed by atoms with Crippen LogP contribution in [-0.4, -0.2) is 21.1 Å². The summed E-state index contributed by atoms with van der Waals surface area (Å²) >= 11 is 0. The summed E-state index contributed by atoms with van der Waals surface area (Å²) in [5.41, 5.74) is 2.88. The van der Waals surface area contributed by atoms with Crippen molar-refractivity contribution in [1.29, 1.82) is 0 Å². The van der Waals surface area contributed by atoms with Crippen LogP contribution in [0.15, 0.2) is 67.3 Å². The van der Waals surface area contributed by atoms with E-state index in [0.29, 0.717) is 41.8 Å². The van der Waals surface area contributed by atoms with Crippen LogP contribution in [0.3, 0.4) is 0 Å². The molecule has 3 aromatic rings. The molecule has 1 heterocycles. The fourth-order valence-electron chi connectivity index (χ4n) is 3.66. The second kappa shape index (κ2) is 9.12. The summed E-state index contributed by atoms with van der Waals surface area (Å²) in [6, 6.07) is 15.0. The van der Waals surface area contributed by atoms with Gasteiger partial charge in [0.1, 0.15) is 13.7 Å². The third kappa shape index (κ3) is 4.32. The van der Waals surface area contributed by atoms with E-state index in [1.165, 1.54) is 6.07 Å². The highest BCUT2D eigenvalue weighted by molar-refractivity contribution is 6.08. The maximum absolute atomic E-state index is 14.7. The van der Waals surface area contributed by atoms with Crippen LogP contribution in [0, 0.1) is 23.4 Å². The minimum atomic E-state index is -0.853. The van der Waals surface area contributed by atoms with Crippen LogP contribution in [0.1, 0.15) is 17.4 Å². The first-order valence-corrected chi connectivity index (χ1v) is 10.2. The molecule has 1 aliphatic rings. The first-order valence-electron chi connectivity index (χ1n) is 10.2. The molecule has 0 radical (unpaired) electrons. The van der Waals surface area contributed by atoms with Gasteiger partial charge in [-0.05, 0) is 28.3 Å². The highest BCUT2D eigenvalue weighted by Gasteiger charge is 2.24. The smallest absolute Gasteiger partial charge is 0.186 e. The van der Waals surface area contributed by atoms with E-state index >= 15 is 0 Å². The zero-order valence-electron chi connectivity index (χ0n) is 17.2. The van der Waals surface area contributed by atoms with Crippen LogP contribution >= 0.6 is 0 Å². The standard InChI is InChI=1S/C25H22BF3O2/c1-2-15-13-30-25(31-14-15)21-10-7-18(11-22(21)27)16-3-5-17(6-4-16)20-9-8-19(12-26)23(28)24(20)29/h2-11,15,25H,1,12-14,26H2. The highest BCUT2D eigenvalue weighted by Crippen LogP contribution is 2.32. The van der Waals surface area contributed by atoms with E-state index in [-0.39, 0.29) is 11.5 Å². The average molecular weight is 422 g/mol. The van der Waals surface area contributed by atoms with Gasteiger partial charge in [0.25, 0.3) is 0 Å². The fraction of sp³-hybridized carbons (Fsp3) is 0.200. The van der Waals surface area contributed by atoms with E-state index in [1.807, 2.05) is 0 Å². The highest BCUT2D eigenvalue weighted by atomic mass is 19.2. The molecule has 0 spiro atoms. The van der Waals surface area contributed by atoms with Crippen LogP contribution in [0.4, 0.5) is 13.2 Å². The minimum absolute atomic E-state index is 0.105. The largest absolute Gasteiger partial charge is 0.348 e. The molecular formula is C25H22BF3O2. The molecule has 0 saturated carbocycles. The molecule has 0 unspecified atom stereocenters. The molecule has 6 heteroatoms. The van der Waals surface area contributed by atoms with Crippen LogP contribution in [0.25, 0.3) is 22.3 Å². The first-order chi connectivity index (χ1) is 15.0. The molecule has 0 amide bonds. The molecular weight excluding hydrogens is 400 g/mol. The molecule has 2 nitrogen and oxygen atoms in total. The van der Waals surface area contributed by atoms with Gasteiger partial charge in [0.2, 0.25) is 0 Å². The van der Waals surface area contributed by atoms with Crippen molar-refractivity contribution in [2.45, 2.75) is 12.6 Å². The Hall–Kier alpha value is -2.83. The van der Waals surface area contributed by atoms with E-state index in [1.54, 1.807) is 62.5 Å². The predicted octanol–water partition coefficient (Wildman–Crippen LogP) is 5.42. The van der Waals surface area contributed by atoms with E-state index < -0.39 is 23.7 Å². The zero-order chi connectivity index (χ0) is 22.0. The molecule has 31 heavy (non-hydrogen) atoms. The Bertz CT molecular complexity index is 1090. The van der Waals surface area contributed by atoms with Crippen LogP contribution in [0.2, 0.25) is 0 Å². The third-order valence-corrected chi connectivity index (χ3v) is 5.58. The zero-order valence-corrected chi connectivity index (χ0v) is 17.2. The number of rotatable bonds is 5. The lowest BCUT2D eigenvalue weighted by molar-refractivity contribution is -0.198. The summed E-state index contributed by atoms with van der Waals surface area (Å²) in [5.74, 6) is -1.98. The average Bonchev–Trinajstić information content (AvgIpc) is 2.81. The molecule has 3 aromatic carbocycles. The lowest BCUT2D eigenvalue weighted by Crippen LogP contribution is -2.26. The van der Waals surface area contributed by atoms with Crippen molar-refractivity contribution in [3.63, 3.8) is 0 Å². The topological polar surface area (TPSA) is 18.5 Å². The summed E-state index contributed by atoms with van der Waals surface area (Å²) in [6.07, 6.45) is 1.45. The van der Waals surface area contributed by atoms with Gasteiger partial charge in [0.05, 0.1) is 13.2 Å². The Balaban J connectivity index is 1.55. The van der Waals surface area contributed by atoms with Crippen molar-refractivity contribution >= 4 is 7.85 Å². The maximum atomic E-state index is 14.7. The number of benzene rings is 3. The second-order valence-corrected chi connectivity index (χ2v) is 7.56. The van der Waals surface area contributed by atoms with Crippen molar-refractivity contribution in [3.05, 3.63) is 95.8 Å². The molecule has 0 atom stereocenters. The molecule has 1 saturated heterocycles. The Morgan fingerprint density at radius 2 is 1.52 bits per heavy atom. The van der Waals surface area contributed by atoms with Crippen molar-refractivity contribution < 1.29 is 22.6 Å². The quantitative estimate of drug-likeness (QED) is 0.404. The normalized spacial score (nSPS) is 18.7. The molecule has 1 aliphatic heterocycles. The summed E-state index contributed by atoms with van der Waals surface area (Å²) < 4.78 is 54.5. The monoisotopic (exact) mass is 422 g/mol. The Kier molecular flexibility index (Phi) is 6.30. The Morgan fingerprint density at radius 3 is 2.13 bits per heavy atom. The molecule has 158 valence electrons. The summed E-state index contributed by atoms with van der Waals surface area (Å²) in [7, 11) is 1.78. The number of hydrogen-bond acceptors (Lipinski definition) is 2. The summed E-state index contributed by atoms with van der Waals surface area (Å²) in [4.78, 5) is 0. The minimum Gasteiger partial charge on any atom is -0.348 e. The SMILES string of the molecule is BCc1ccc(-c2ccc(-c3ccc(C4OCC(C=C)CO4)c(F)c3)cc2)c(F)c1F. The van der Waals surface area contributed by atoms with Gasteiger partial charge < -0.3 is 9.47 Å². The van der Waals surface area contributed by atoms with Gasteiger partial charge in [-0.1, -0.05) is 60.9 Å². The second-order valence-electron chi connectivity index (χ2n) is 7.56. The third-order valence-electron chi connectivity index (χ3n) is 5.58. The lowest BCUT2D eigenvalue weighted by Gasteiger charge is -2.28. The van der Waals surface area contributed by atoms with Crippen molar-refractivity contribution in [3.8, 4) is 22.3 Å². The lowest BCUT2D eigenvalue weighted by atomic mass is 9.93. The maximum Gasteiger partial charge on any atom is 0.186 e.